The van der Waals surface area contributed by atoms with Gasteiger partial charge in [0, 0.05) is 11.6 Å². The highest BCUT2D eigenvalue weighted by molar-refractivity contribution is 14.1. The molecule has 6 heteroatoms. The largest absolute Gasteiger partial charge is 0.494 e. The summed E-state index contributed by atoms with van der Waals surface area (Å²) in [6.45, 7) is 0. The van der Waals surface area contributed by atoms with Crippen molar-refractivity contribution in [3.8, 4) is 5.75 Å². The van der Waals surface area contributed by atoms with Gasteiger partial charge in [-0.05, 0) is 34.7 Å². The number of hydrogen-bond acceptors (Lipinski definition) is 4. The zero-order valence-corrected chi connectivity index (χ0v) is 11.2. The molecule has 17 heavy (non-hydrogen) atoms. The molecule has 3 rings (SSSR count). The van der Waals surface area contributed by atoms with Crippen LogP contribution in [0.5, 0.6) is 5.75 Å². The molecule has 0 saturated heterocycles. The molecule has 0 unspecified atom stereocenters. The van der Waals surface area contributed by atoms with E-state index >= 15 is 0 Å². The van der Waals surface area contributed by atoms with E-state index in [1.807, 2.05) is 24.4 Å². The van der Waals surface area contributed by atoms with Crippen molar-refractivity contribution < 1.29 is 4.74 Å². The first-order valence-electron chi connectivity index (χ1n) is 4.97. The van der Waals surface area contributed by atoms with E-state index in [2.05, 4.69) is 32.6 Å². The highest BCUT2D eigenvalue weighted by Crippen LogP contribution is 2.28. The monoisotopic (exact) mass is 340 g/mol. The fraction of sp³-hybridized carbons (Fsp3) is 0.0909. The summed E-state index contributed by atoms with van der Waals surface area (Å²) in [7, 11) is 1.62. The molecule has 2 aromatic heterocycles. The van der Waals surface area contributed by atoms with E-state index in [-0.39, 0.29) is 0 Å². The van der Waals surface area contributed by atoms with Crippen molar-refractivity contribution in [2.45, 2.75) is 0 Å². The number of nitrogen functional groups attached to an aromatic ring is 1. The van der Waals surface area contributed by atoms with Crippen LogP contribution < -0.4 is 10.5 Å². The minimum Gasteiger partial charge on any atom is -0.494 e. The third-order valence-electron chi connectivity index (χ3n) is 2.61. The average molecular weight is 340 g/mol. The van der Waals surface area contributed by atoms with Gasteiger partial charge >= 0.3 is 0 Å². The predicted molar refractivity (Wildman–Crippen MR) is 74.2 cm³/mol. The molecule has 2 N–H and O–H groups in total. The van der Waals surface area contributed by atoms with Crippen LogP contribution in [0.1, 0.15) is 0 Å². The maximum atomic E-state index is 5.91. The molecule has 0 spiro atoms. The molecule has 0 amide bonds. The van der Waals surface area contributed by atoms with Crippen molar-refractivity contribution in [2.24, 2.45) is 0 Å². The molecule has 86 valence electrons. The number of imidazole rings is 1. The maximum absolute atomic E-state index is 5.91. The van der Waals surface area contributed by atoms with Crippen LogP contribution in [0.15, 0.2) is 24.4 Å². The Morgan fingerprint density at radius 2 is 2.18 bits per heavy atom. The number of halogens is 1. The van der Waals surface area contributed by atoms with Gasteiger partial charge in [-0.1, -0.05) is 6.07 Å². The first-order chi connectivity index (χ1) is 8.20. The molecule has 0 bridgehead atoms. The molecule has 0 aliphatic rings. The van der Waals surface area contributed by atoms with E-state index in [1.54, 1.807) is 11.5 Å². The Bertz CT molecular complexity index is 722. The highest BCUT2D eigenvalue weighted by atomic mass is 127. The zero-order valence-electron chi connectivity index (χ0n) is 9.01. The lowest BCUT2D eigenvalue weighted by atomic mass is 10.2. The molecule has 5 nitrogen and oxygen atoms in total. The van der Waals surface area contributed by atoms with Gasteiger partial charge in [-0.15, -0.1) is 0 Å². The Morgan fingerprint density at radius 1 is 1.35 bits per heavy atom. The number of methoxy groups -OCH3 is 1. The number of benzene rings is 1. The Hall–Kier alpha value is -1.57. The summed E-state index contributed by atoms with van der Waals surface area (Å²) in [5.74, 6) is 1.11. The Kier molecular flexibility index (Phi) is 2.32. The lowest BCUT2D eigenvalue weighted by Gasteiger charge is -2.07. The molecular formula is C11H9IN4O. The molecule has 0 fully saturated rings. The number of nitrogens with zero attached hydrogens (tertiary/aromatic N) is 3. The third-order valence-corrected chi connectivity index (χ3v) is 3.13. The first kappa shape index (κ1) is 10.6. The van der Waals surface area contributed by atoms with E-state index in [0.717, 1.165) is 20.3 Å². The fourth-order valence-electron chi connectivity index (χ4n) is 1.87. The van der Waals surface area contributed by atoms with Crippen LogP contribution in [0.3, 0.4) is 0 Å². The van der Waals surface area contributed by atoms with E-state index < -0.39 is 0 Å². The van der Waals surface area contributed by atoms with Crippen molar-refractivity contribution in [3.05, 3.63) is 28.1 Å². The van der Waals surface area contributed by atoms with Crippen LogP contribution >= 0.6 is 22.6 Å². The van der Waals surface area contributed by atoms with Crippen LogP contribution in [0, 0.1) is 3.70 Å². The van der Waals surface area contributed by atoms with Crippen LogP contribution in [0.4, 0.5) is 5.95 Å². The standard InChI is InChI=1S/C11H9IN4O/c1-17-7-4-2-3-6-9(7)15-11(13)16-5-8(12)14-10(6)16/h2-5H,1H3,(H2,13,15). The number of rotatable bonds is 1. The second-order valence-electron chi connectivity index (χ2n) is 3.58. The topological polar surface area (TPSA) is 65.4 Å². The number of aromatic nitrogens is 3. The van der Waals surface area contributed by atoms with Crippen LogP contribution in [0.25, 0.3) is 16.6 Å². The highest BCUT2D eigenvalue weighted by Gasteiger charge is 2.11. The summed E-state index contributed by atoms with van der Waals surface area (Å²) in [5, 5.41) is 0.932. The van der Waals surface area contributed by atoms with E-state index in [9.17, 15) is 0 Å². The average Bonchev–Trinajstić information content (AvgIpc) is 2.71. The van der Waals surface area contributed by atoms with Crippen LogP contribution in [0.2, 0.25) is 0 Å². The van der Waals surface area contributed by atoms with Crippen molar-refractivity contribution in [1.29, 1.82) is 0 Å². The molecular weight excluding hydrogens is 331 g/mol. The number of nitrogens with two attached hydrogens (primary N) is 1. The van der Waals surface area contributed by atoms with Gasteiger partial charge in [0.15, 0.2) is 0 Å². The summed E-state index contributed by atoms with van der Waals surface area (Å²) >= 11 is 2.15. The minimum absolute atomic E-state index is 0.410. The molecule has 0 aliphatic heterocycles. The van der Waals surface area contributed by atoms with Gasteiger partial charge in [0.25, 0.3) is 0 Å². The second kappa shape index (κ2) is 3.73. The number of ether oxygens (including phenoxy) is 1. The fourth-order valence-corrected chi connectivity index (χ4v) is 2.37. The molecule has 0 saturated carbocycles. The van der Waals surface area contributed by atoms with E-state index in [0.29, 0.717) is 11.7 Å². The zero-order chi connectivity index (χ0) is 12.0. The first-order valence-corrected chi connectivity index (χ1v) is 6.05. The summed E-state index contributed by atoms with van der Waals surface area (Å²) in [5.41, 5.74) is 7.45. The smallest absolute Gasteiger partial charge is 0.206 e. The van der Waals surface area contributed by atoms with Crippen LogP contribution in [-0.4, -0.2) is 21.5 Å². The quantitative estimate of drug-likeness (QED) is 0.689. The number of fused-ring (bicyclic) bond motifs is 3. The van der Waals surface area contributed by atoms with Gasteiger partial charge in [-0.2, -0.15) is 0 Å². The molecule has 0 atom stereocenters. The van der Waals surface area contributed by atoms with E-state index in [1.165, 1.54) is 0 Å². The third kappa shape index (κ3) is 1.51. The number of hydrogen-bond donors (Lipinski definition) is 1. The Labute approximate surface area is 111 Å². The van der Waals surface area contributed by atoms with Gasteiger partial charge in [-0.3, -0.25) is 4.40 Å². The summed E-state index contributed by atoms with van der Waals surface area (Å²) in [6.07, 6.45) is 1.86. The van der Waals surface area contributed by atoms with Gasteiger partial charge in [0.05, 0.1) is 7.11 Å². The molecule has 3 aromatic rings. The number of anilines is 1. The Balaban J connectivity index is 2.56. The van der Waals surface area contributed by atoms with Crippen molar-refractivity contribution in [1.82, 2.24) is 14.4 Å². The summed E-state index contributed by atoms with van der Waals surface area (Å²) in [6, 6.07) is 5.74. The second-order valence-corrected chi connectivity index (χ2v) is 4.69. The van der Waals surface area contributed by atoms with Gasteiger partial charge in [0.2, 0.25) is 5.95 Å². The Morgan fingerprint density at radius 3 is 2.94 bits per heavy atom. The van der Waals surface area contributed by atoms with Crippen molar-refractivity contribution in [2.75, 3.05) is 12.8 Å². The van der Waals surface area contributed by atoms with Gasteiger partial charge in [-0.25, -0.2) is 9.97 Å². The molecule has 0 radical (unpaired) electrons. The van der Waals surface area contributed by atoms with Gasteiger partial charge < -0.3 is 10.5 Å². The molecule has 0 aliphatic carbocycles. The lowest BCUT2D eigenvalue weighted by molar-refractivity contribution is 0.419. The predicted octanol–water partition coefficient (Wildman–Crippen LogP) is 2.08. The molecule has 2 heterocycles. The normalized spacial score (nSPS) is 11.2. The SMILES string of the molecule is COc1cccc2c1nc(N)n1cc(I)nc21. The van der Waals surface area contributed by atoms with Gasteiger partial charge in [0.1, 0.15) is 20.6 Å². The van der Waals surface area contributed by atoms with Crippen LogP contribution in [-0.2, 0) is 0 Å². The number of para-hydroxylation sites is 1. The maximum Gasteiger partial charge on any atom is 0.206 e. The lowest BCUT2D eigenvalue weighted by Crippen LogP contribution is -2.01. The molecule has 1 aromatic carbocycles. The van der Waals surface area contributed by atoms with Crippen molar-refractivity contribution >= 4 is 45.1 Å². The minimum atomic E-state index is 0.410. The summed E-state index contributed by atoms with van der Waals surface area (Å²) < 4.78 is 7.94. The summed E-state index contributed by atoms with van der Waals surface area (Å²) in [4.78, 5) is 8.81. The van der Waals surface area contributed by atoms with E-state index in [4.69, 9.17) is 10.5 Å². The van der Waals surface area contributed by atoms with Crippen molar-refractivity contribution in [3.63, 3.8) is 0 Å².